The molecule has 1 heterocycles. The summed E-state index contributed by atoms with van der Waals surface area (Å²) in [4.78, 5) is 13.9. The van der Waals surface area contributed by atoms with Gasteiger partial charge in [0.2, 0.25) is 0 Å². The summed E-state index contributed by atoms with van der Waals surface area (Å²) in [5, 5.41) is 10.2. The number of rotatable bonds is 4. The molecule has 0 spiro atoms. The number of benzene rings is 1. The Morgan fingerprint density at radius 2 is 1.86 bits per heavy atom. The van der Waals surface area contributed by atoms with Crippen LogP contribution in [0.5, 0.6) is 0 Å². The van der Waals surface area contributed by atoms with Gasteiger partial charge in [0.1, 0.15) is 11.5 Å². The van der Waals surface area contributed by atoms with Crippen molar-refractivity contribution in [3.63, 3.8) is 0 Å². The fourth-order valence-electron chi connectivity index (χ4n) is 2.49. The Balaban J connectivity index is 2.16. The summed E-state index contributed by atoms with van der Waals surface area (Å²) in [6.07, 6.45) is 1.45. The van der Waals surface area contributed by atoms with Gasteiger partial charge in [0.15, 0.2) is 0 Å². The Bertz CT molecular complexity index is 544. The zero-order chi connectivity index (χ0) is 15.6. The fraction of sp³-hybridized carbons (Fsp3) is 0.471. The number of nitrogens with two attached hydrogens (primary N) is 1. The molecule has 1 aliphatic heterocycles. The van der Waals surface area contributed by atoms with Crippen LogP contribution in [0.4, 0.5) is 0 Å². The number of carbonyl (C=O) groups excluding carboxylic acids is 1. The summed E-state index contributed by atoms with van der Waals surface area (Å²) in [6.45, 7) is 7.01. The van der Waals surface area contributed by atoms with Crippen molar-refractivity contribution in [2.45, 2.75) is 39.7 Å². The van der Waals surface area contributed by atoms with E-state index < -0.39 is 0 Å². The maximum Gasteiger partial charge on any atom is 0.273 e. The topological polar surface area (TPSA) is 66.6 Å². The Morgan fingerprint density at radius 3 is 2.43 bits per heavy atom. The second-order valence-corrected chi connectivity index (χ2v) is 6.81. The van der Waals surface area contributed by atoms with Crippen molar-refractivity contribution in [1.82, 2.24) is 4.90 Å². The van der Waals surface area contributed by atoms with Crippen LogP contribution in [-0.4, -0.2) is 28.5 Å². The lowest BCUT2D eigenvalue weighted by molar-refractivity contribution is -0.127. The zero-order valence-electron chi connectivity index (χ0n) is 13.0. The van der Waals surface area contributed by atoms with Gasteiger partial charge < -0.3 is 15.7 Å². The van der Waals surface area contributed by atoms with Crippen LogP contribution in [0.15, 0.2) is 41.8 Å². The molecule has 0 aromatic heterocycles. The first kappa shape index (κ1) is 15.4. The molecule has 0 fully saturated rings. The van der Waals surface area contributed by atoms with Gasteiger partial charge in [-0.3, -0.25) is 4.79 Å². The molecule has 2 rings (SSSR count). The molecule has 4 nitrogen and oxygen atoms in total. The van der Waals surface area contributed by atoms with Crippen LogP contribution in [0.2, 0.25) is 0 Å². The molecular weight excluding hydrogens is 264 g/mol. The van der Waals surface area contributed by atoms with Crippen molar-refractivity contribution in [1.29, 1.82) is 0 Å². The Labute approximate surface area is 126 Å². The van der Waals surface area contributed by atoms with Crippen molar-refractivity contribution >= 4 is 5.91 Å². The van der Waals surface area contributed by atoms with E-state index in [-0.39, 0.29) is 28.8 Å². The van der Waals surface area contributed by atoms with Crippen LogP contribution in [0.25, 0.3) is 0 Å². The van der Waals surface area contributed by atoms with E-state index >= 15 is 0 Å². The quantitative estimate of drug-likeness (QED) is 0.895. The highest BCUT2D eigenvalue weighted by Crippen LogP contribution is 2.27. The van der Waals surface area contributed by atoms with Gasteiger partial charge in [-0.05, 0) is 17.4 Å². The molecule has 0 aliphatic carbocycles. The molecule has 0 saturated heterocycles. The number of carbonyl (C=O) groups is 1. The van der Waals surface area contributed by atoms with Crippen LogP contribution in [0.3, 0.4) is 0 Å². The molecule has 0 bridgehead atoms. The van der Waals surface area contributed by atoms with E-state index in [0.29, 0.717) is 13.0 Å². The first-order chi connectivity index (χ1) is 9.79. The Morgan fingerprint density at radius 1 is 1.24 bits per heavy atom. The van der Waals surface area contributed by atoms with Gasteiger partial charge in [0.05, 0.1) is 6.04 Å². The Kier molecular flexibility index (Phi) is 4.26. The van der Waals surface area contributed by atoms with Crippen LogP contribution in [0.1, 0.15) is 32.8 Å². The molecule has 1 aromatic rings. The minimum atomic E-state index is -0.345. The number of aliphatic hydroxyl groups excluding tert-OH is 1. The highest BCUT2D eigenvalue weighted by Gasteiger charge is 2.38. The zero-order valence-corrected chi connectivity index (χ0v) is 13.0. The van der Waals surface area contributed by atoms with Crippen LogP contribution in [-0.2, 0) is 11.2 Å². The second kappa shape index (κ2) is 5.80. The van der Waals surface area contributed by atoms with Crippen LogP contribution >= 0.6 is 0 Å². The van der Waals surface area contributed by atoms with Gasteiger partial charge in [-0.15, -0.1) is 0 Å². The molecule has 1 atom stereocenters. The first-order valence-electron chi connectivity index (χ1n) is 7.33. The van der Waals surface area contributed by atoms with E-state index in [1.165, 1.54) is 0 Å². The van der Waals surface area contributed by atoms with E-state index in [2.05, 4.69) is 20.8 Å². The van der Waals surface area contributed by atoms with Crippen molar-refractivity contribution in [2.75, 3.05) is 6.54 Å². The summed E-state index contributed by atoms with van der Waals surface area (Å²) >= 11 is 0. The largest absolute Gasteiger partial charge is 0.508 e. The molecule has 21 heavy (non-hydrogen) atoms. The predicted octanol–water partition coefficient (Wildman–Crippen LogP) is 2.60. The van der Waals surface area contributed by atoms with E-state index in [0.717, 1.165) is 12.0 Å². The number of amides is 1. The maximum atomic E-state index is 12.2. The highest BCUT2D eigenvalue weighted by molar-refractivity contribution is 5.96. The van der Waals surface area contributed by atoms with E-state index in [1.807, 2.05) is 30.3 Å². The summed E-state index contributed by atoms with van der Waals surface area (Å²) in [6, 6.07) is 9.50. The summed E-state index contributed by atoms with van der Waals surface area (Å²) < 4.78 is 0. The molecule has 1 unspecified atom stereocenters. The molecule has 4 heteroatoms. The fourth-order valence-corrected chi connectivity index (χ4v) is 2.49. The lowest BCUT2D eigenvalue weighted by atomic mass is 9.92. The number of hydrogen-bond donors (Lipinski definition) is 2. The van der Waals surface area contributed by atoms with Gasteiger partial charge in [-0.2, -0.15) is 0 Å². The number of aliphatic hydroxyl groups is 1. The van der Waals surface area contributed by atoms with Crippen molar-refractivity contribution in [3.8, 4) is 0 Å². The molecule has 3 N–H and O–H groups in total. The number of hydrogen-bond acceptors (Lipinski definition) is 3. The summed E-state index contributed by atoms with van der Waals surface area (Å²) in [5.74, 6) is -0.240. The third-order valence-corrected chi connectivity index (χ3v) is 3.83. The Hall–Kier alpha value is -1.97. The standard InChI is InChI=1S/C17H24N2O2/c1-17(2,3)9-10-19-13(15(20)14(18)16(19)21)11-12-7-5-4-6-8-12/h4-8,13,20H,9-11,18H2,1-3H3. The van der Waals surface area contributed by atoms with Gasteiger partial charge in [0.25, 0.3) is 5.91 Å². The summed E-state index contributed by atoms with van der Waals surface area (Å²) in [5.41, 5.74) is 6.93. The smallest absolute Gasteiger partial charge is 0.273 e. The van der Waals surface area contributed by atoms with Gasteiger partial charge in [0, 0.05) is 13.0 Å². The average molecular weight is 288 g/mol. The molecule has 1 amide bonds. The monoisotopic (exact) mass is 288 g/mol. The minimum absolute atomic E-state index is 0.00941. The first-order valence-corrected chi connectivity index (χ1v) is 7.33. The minimum Gasteiger partial charge on any atom is -0.508 e. The SMILES string of the molecule is CC(C)(C)CCN1C(=O)C(N)=C(O)C1Cc1ccccc1. The number of nitrogens with zero attached hydrogens (tertiary/aromatic N) is 1. The summed E-state index contributed by atoms with van der Waals surface area (Å²) in [7, 11) is 0. The average Bonchev–Trinajstić information content (AvgIpc) is 2.62. The normalized spacial score (nSPS) is 19.5. The van der Waals surface area contributed by atoms with E-state index in [4.69, 9.17) is 5.73 Å². The molecule has 1 aromatic carbocycles. The predicted molar refractivity (Wildman–Crippen MR) is 83.6 cm³/mol. The third kappa shape index (κ3) is 3.57. The molecular formula is C17H24N2O2. The third-order valence-electron chi connectivity index (χ3n) is 3.83. The van der Waals surface area contributed by atoms with Gasteiger partial charge in [-0.25, -0.2) is 0 Å². The second-order valence-electron chi connectivity index (χ2n) is 6.81. The van der Waals surface area contributed by atoms with Gasteiger partial charge in [-0.1, -0.05) is 51.1 Å². The maximum absolute atomic E-state index is 12.2. The van der Waals surface area contributed by atoms with Crippen molar-refractivity contribution in [2.24, 2.45) is 11.1 Å². The van der Waals surface area contributed by atoms with Crippen LogP contribution < -0.4 is 5.73 Å². The van der Waals surface area contributed by atoms with E-state index in [9.17, 15) is 9.90 Å². The lowest BCUT2D eigenvalue weighted by Gasteiger charge is -2.28. The molecule has 0 saturated carbocycles. The van der Waals surface area contributed by atoms with Crippen LogP contribution in [0, 0.1) is 5.41 Å². The molecule has 0 radical (unpaired) electrons. The highest BCUT2D eigenvalue weighted by atomic mass is 16.3. The van der Waals surface area contributed by atoms with E-state index in [1.54, 1.807) is 4.90 Å². The van der Waals surface area contributed by atoms with Crippen molar-refractivity contribution in [3.05, 3.63) is 47.4 Å². The molecule has 1 aliphatic rings. The molecule has 114 valence electrons. The lowest BCUT2D eigenvalue weighted by Crippen LogP contribution is -2.39. The van der Waals surface area contributed by atoms with Crippen molar-refractivity contribution < 1.29 is 9.90 Å². The van der Waals surface area contributed by atoms with Gasteiger partial charge >= 0.3 is 0 Å².